The Labute approximate surface area is 158 Å². The normalized spacial score (nSPS) is 14.9. The second-order valence-corrected chi connectivity index (χ2v) is 6.63. The van der Waals surface area contributed by atoms with E-state index in [4.69, 9.17) is 0 Å². The highest BCUT2D eigenvalue weighted by atomic mass is 16.2. The number of anilines is 2. The van der Waals surface area contributed by atoms with Gasteiger partial charge in [0.05, 0.1) is 0 Å². The maximum absolute atomic E-state index is 13.2. The molecule has 0 radical (unpaired) electrons. The second kappa shape index (κ2) is 6.43. The molecule has 27 heavy (non-hydrogen) atoms. The van der Waals surface area contributed by atoms with E-state index in [9.17, 15) is 14.4 Å². The predicted molar refractivity (Wildman–Crippen MR) is 112 cm³/mol. The second-order valence-electron chi connectivity index (χ2n) is 6.63. The zero-order chi connectivity index (χ0) is 19.1. The molecule has 3 aromatic rings. The first-order valence-corrected chi connectivity index (χ1v) is 8.73. The number of nitrogens with zero attached hydrogens (tertiary/aromatic N) is 2. The number of fused-ring (bicyclic) bond motifs is 1. The van der Waals surface area contributed by atoms with Crippen LogP contribution in [0.2, 0.25) is 0 Å². The van der Waals surface area contributed by atoms with Gasteiger partial charge >= 0.3 is 6.03 Å². The topological polar surface area (TPSA) is 57.7 Å². The highest BCUT2D eigenvalue weighted by molar-refractivity contribution is 6.47. The van der Waals surface area contributed by atoms with Crippen LogP contribution >= 0.6 is 0 Å². The van der Waals surface area contributed by atoms with E-state index in [2.05, 4.69) is 0 Å². The number of barbiturate groups is 1. The van der Waals surface area contributed by atoms with E-state index in [0.717, 1.165) is 31.5 Å². The number of imide groups is 2. The van der Waals surface area contributed by atoms with Crippen molar-refractivity contribution in [2.75, 3.05) is 9.80 Å². The Bertz CT molecular complexity index is 1110. The molecule has 0 aliphatic carbocycles. The van der Waals surface area contributed by atoms with Crippen molar-refractivity contribution >= 4 is 66.6 Å². The van der Waals surface area contributed by atoms with Gasteiger partial charge in [-0.2, -0.15) is 0 Å². The largest absolute Gasteiger partial charge is 0.342 e. The molecule has 0 atom stereocenters. The third kappa shape index (κ3) is 2.72. The van der Waals surface area contributed by atoms with Gasteiger partial charge in [-0.05, 0) is 22.9 Å². The van der Waals surface area contributed by atoms with Crippen LogP contribution in [0.5, 0.6) is 0 Å². The summed E-state index contributed by atoms with van der Waals surface area (Å²) >= 11 is 0. The van der Waals surface area contributed by atoms with Gasteiger partial charge in [0.15, 0.2) is 0 Å². The van der Waals surface area contributed by atoms with Crippen molar-refractivity contribution < 1.29 is 14.4 Å². The number of amides is 4. The average Bonchev–Trinajstić information content (AvgIpc) is 2.65. The summed E-state index contributed by atoms with van der Waals surface area (Å²) in [5.74, 6) is -1.01. The van der Waals surface area contributed by atoms with Gasteiger partial charge in [0.1, 0.15) is 22.1 Å². The fourth-order valence-corrected chi connectivity index (χ4v) is 3.55. The van der Waals surface area contributed by atoms with E-state index < -0.39 is 17.8 Å². The predicted octanol–water partition coefficient (Wildman–Crippen LogP) is 0.246. The van der Waals surface area contributed by atoms with Gasteiger partial charge in [0.2, 0.25) is 11.8 Å². The fraction of sp³-hybridized carbons (Fsp3) is 0.0500. The minimum atomic E-state index is -0.635. The SMILES string of the molecule is Bc1ccccc1N1C(=O)CC(=O)N(c2ccc3ccccc3c2B)C1=O. The summed E-state index contributed by atoms with van der Waals surface area (Å²) in [4.78, 5) is 40.5. The number of urea groups is 1. The smallest absolute Gasteiger partial charge is 0.273 e. The van der Waals surface area contributed by atoms with E-state index in [1.54, 1.807) is 18.2 Å². The quantitative estimate of drug-likeness (QED) is 0.490. The average molecular weight is 354 g/mol. The van der Waals surface area contributed by atoms with Gasteiger partial charge in [-0.15, -0.1) is 0 Å². The lowest BCUT2D eigenvalue weighted by Crippen LogP contribution is -2.57. The first kappa shape index (κ1) is 17.1. The van der Waals surface area contributed by atoms with Gasteiger partial charge in [-0.1, -0.05) is 59.5 Å². The van der Waals surface area contributed by atoms with Crippen molar-refractivity contribution in [3.8, 4) is 0 Å². The minimum absolute atomic E-state index is 0.341. The van der Waals surface area contributed by atoms with Crippen LogP contribution in [0.3, 0.4) is 0 Å². The van der Waals surface area contributed by atoms with Gasteiger partial charge in [0, 0.05) is 11.4 Å². The summed E-state index contributed by atoms with van der Waals surface area (Å²) in [6.45, 7) is 0. The lowest BCUT2D eigenvalue weighted by molar-refractivity contribution is -0.126. The van der Waals surface area contributed by atoms with Gasteiger partial charge in [-0.25, -0.2) is 14.6 Å². The van der Waals surface area contributed by atoms with Crippen molar-refractivity contribution in [2.24, 2.45) is 0 Å². The Morgan fingerprint density at radius 1 is 0.704 bits per heavy atom. The van der Waals surface area contributed by atoms with Crippen molar-refractivity contribution in [3.05, 3.63) is 60.7 Å². The molecule has 1 aliphatic rings. The summed E-state index contributed by atoms with van der Waals surface area (Å²) in [5, 5.41) is 2.00. The molecule has 7 heteroatoms. The third-order valence-electron chi connectivity index (χ3n) is 4.95. The molecule has 130 valence electrons. The molecule has 4 rings (SSSR count). The molecule has 5 nitrogen and oxygen atoms in total. The number of carbonyl (C=O) groups excluding carboxylic acids is 3. The molecular weight excluding hydrogens is 338 g/mol. The first-order valence-electron chi connectivity index (χ1n) is 8.73. The Kier molecular flexibility index (Phi) is 4.07. The fourth-order valence-electron chi connectivity index (χ4n) is 3.55. The molecule has 1 fully saturated rings. The lowest BCUT2D eigenvalue weighted by atomic mass is 9.87. The number of hydrogen-bond acceptors (Lipinski definition) is 3. The Morgan fingerprint density at radius 2 is 1.33 bits per heavy atom. The maximum atomic E-state index is 13.2. The highest BCUT2D eigenvalue weighted by Crippen LogP contribution is 2.26. The molecule has 0 N–H and O–H groups in total. The summed E-state index contributed by atoms with van der Waals surface area (Å²) < 4.78 is 0. The zero-order valence-electron chi connectivity index (χ0n) is 15.1. The Hall–Kier alpha value is -3.34. The van der Waals surface area contributed by atoms with Crippen LogP contribution < -0.4 is 20.7 Å². The molecule has 0 bridgehead atoms. The molecule has 4 amide bonds. The maximum Gasteiger partial charge on any atom is 0.342 e. The number of para-hydroxylation sites is 1. The summed E-state index contributed by atoms with van der Waals surface area (Å²) in [7, 11) is 3.71. The standard InChI is InChI=1S/C20H16B2N2O3/c21-14-7-3-4-8-15(14)23-17(25)11-18(26)24(20(23)27)16-10-9-12-5-1-2-6-13(12)19(16)22/h1-10H,11,21-22H2. The monoisotopic (exact) mass is 354 g/mol. The first-order chi connectivity index (χ1) is 13.0. The van der Waals surface area contributed by atoms with E-state index >= 15 is 0 Å². The van der Waals surface area contributed by atoms with Crippen molar-refractivity contribution in [1.82, 2.24) is 0 Å². The molecule has 1 saturated heterocycles. The number of hydrogen-bond donors (Lipinski definition) is 0. The third-order valence-corrected chi connectivity index (χ3v) is 4.95. The van der Waals surface area contributed by atoms with Crippen molar-refractivity contribution in [2.45, 2.75) is 6.42 Å². The number of rotatable bonds is 2. The Balaban J connectivity index is 1.84. The molecule has 1 aliphatic heterocycles. The highest BCUT2D eigenvalue weighted by Gasteiger charge is 2.40. The summed E-state index contributed by atoms with van der Waals surface area (Å²) in [5.41, 5.74) is 2.64. The summed E-state index contributed by atoms with van der Waals surface area (Å²) in [6, 6.07) is 18.0. The van der Waals surface area contributed by atoms with Gasteiger partial charge < -0.3 is 0 Å². The van der Waals surface area contributed by atoms with Crippen molar-refractivity contribution in [1.29, 1.82) is 0 Å². The van der Waals surface area contributed by atoms with Crippen molar-refractivity contribution in [3.63, 3.8) is 0 Å². The zero-order valence-corrected chi connectivity index (χ0v) is 15.1. The van der Waals surface area contributed by atoms with E-state index in [1.165, 1.54) is 0 Å². The van der Waals surface area contributed by atoms with E-state index in [0.29, 0.717) is 11.4 Å². The number of benzene rings is 3. The minimum Gasteiger partial charge on any atom is -0.273 e. The molecule has 0 unspecified atom stereocenters. The molecule has 0 spiro atoms. The van der Waals surface area contributed by atoms with E-state index in [1.807, 2.05) is 58.2 Å². The molecule has 0 aromatic heterocycles. The molecular formula is C20H16B2N2O3. The van der Waals surface area contributed by atoms with E-state index in [-0.39, 0.29) is 6.42 Å². The van der Waals surface area contributed by atoms with Crippen LogP contribution in [0.15, 0.2) is 60.7 Å². The molecule has 3 aromatic carbocycles. The van der Waals surface area contributed by atoms with Crippen LogP contribution in [-0.2, 0) is 9.59 Å². The van der Waals surface area contributed by atoms with Gasteiger partial charge in [0.25, 0.3) is 0 Å². The summed E-state index contributed by atoms with van der Waals surface area (Å²) in [6.07, 6.45) is -0.341. The molecule has 0 saturated carbocycles. The van der Waals surface area contributed by atoms with Gasteiger partial charge in [-0.3, -0.25) is 9.59 Å². The van der Waals surface area contributed by atoms with Crippen LogP contribution in [0.1, 0.15) is 6.42 Å². The Morgan fingerprint density at radius 3 is 2.07 bits per heavy atom. The van der Waals surface area contributed by atoms with Crippen LogP contribution in [0.4, 0.5) is 16.2 Å². The van der Waals surface area contributed by atoms with Crippen LogP contribution in [0.25, 0.3) is 10.8 Å². The molecule has 1 heterocycles. The van der Waals surface area contributed by atoms with Crippen LogP contribution in [0, 0.1) is 0 Å². The van der Waals surface area contributed by atoms with Crippen LogP contribution in [-0.4, -0.2) is 33.5 Å². The number of carbonyl (C=O) groups is 3. The lowest BCUT2D eigenvalue weighted by Gasteiger charge is -2.34.